The molecule has 0 aliphatic carbocycles. The maximum absolute atomic E-state index is 10.7. The van der Waals surface area contributed by atoms with E-state index >= 15 is 0 Å². The second-order valence-corrected chi connectivity index (χ2v) is 2.92. The van der Waals surface area contributed by atoms with Gasteiger partial charge in [-0.3, -0.25) is 0 Å². The largest absolute Gasteiger partial charge is 0.666 e. The van der Waals surface area contributed by atoms with Gasteiger partial charge in [-0.05, 0) is 11.6 Å². The summed E-state index contributed by atoms with van der Waals surface area (Å²) in [5.74, 6) is -0.536. The fraction of sp³-hybridized carbons (Fsp3) is 0.200. The van der Waals surface area contributed by atoms with E-state index in [9.17, 15) is 4.79 Å². The van der Waals surface area contributed by atoms with Gasteiger partial charge in [-0.1, -0.05) is 18.2 Å². The number of rotatable bonds is 1. The molecule has 1 aliphatic heterocycles. The van der Waals surface area contributed by atoms with Crippen molar-refractivity contribution < 1.29 is 37.5 Å². The Morgan fingerprint density at radius 3 is 2.64 bits per heavy atom. The quantitative estimate of drug-likeness (QED) is 0.790. The van der Waals surface area contributed by atoms with Gasteiger partial charge in [0.2, 0.25) is 0 Å². The number of carbonyl (C=O) groups excluding carboxylic acids is 1. The van der Waals surface area contributed by atoms with Gasteiger partial charge in [-0.25, -0.2) is 0 Å². The fourth-order valence-corrected chi connectivity index (χ4v) is 1.46. The summed E-state index contributed by atoms with van der Waals surface area (Å²) < 4.78 is 0. The van der Waals surface area contributed by atoms with Crippen molar-refractivity contribution in [2.24, 2.45) is 0 Å². The average Bonchev–Trinajstić information content (AvgIpc) is 2.46. The van der Waals surface area contributed by atoms with Gasteiger partial charge in [0.05, 0.1) is 11.9 Å². The number of fused-ring (bicyclic) bond motifs is 1. The Morgan fingerprint density at radius 1 is 1.43 bits per heavy atom. The van der Waals surface area contributed by atoms with Crippen LogP contribution in [0.15, 0.2) is 24.3 Å². The number of anilines is 1. The molecule has 4 heteroatoms. The van der Waals surface area contributed by atoms with Crippen molar-refractivity contribution >= 4 is 11.6 Å². The summed E-state index contributed by atoms with van der Waals surface area (Å²) in [6.07, 6.45) is 0.651. The smallest absolute Gasteiger partial charge is 0.0718 e. The first-order chi connectivity index (χ1) is 5.77. The van der Waals surface area contributed by atoms with Crippen LogP contribution in [0.5, 0.6) is 0 Å². The Bertz CT molecular complexity index is 303. The van der Waals surface area contributed by atoms with Crippen molar-refractivity contribution in [1.82, 2.24) is 0 Å². The molecule has 14 heavy (non-hydrogen) atoms. The molecule has 3 nitrogen and oxygen atoms in total. The van der Waals surface area contributed by atoms with Crippen LogP contribution in [0.1, 0.15) is 5.56 Å². The molecule has 1 unspecified atom stereocenters. The normalized spacial score (nSPS) is 17.0. The monoisotopic (exact) mass is 265 g/mol. The van der Waals surface area contributed by atoms with Crippen LogP contribution in [0.4, 0.5) is 5.69 Å². The molecule has 1 aromatic rings. The Morgan fingerprint density at radius 2 is 2.07 bits per heavy atom. The molecule has 1 aromatic carbocycles. The van der Waals surface area contributed by atoms with Gasteiger partial charge in [-0.15, -0.1) is 0 Å². The predicted octanol–water partition coefficient (Wildman–Crippen LogP) is 2.05. The molecule has 73 valence electrons. The average molecular weight is 265 g/mol. The third-order valence-electron chi connectivity index (χ3n) is 2.09. The summed E-state index contributed by atoms with van der Waals surface area (Å²) in [5.41, 5.74) is 9.07. The van der Waals surface area contributed by atoms with Crippen molar-refractivity contribution in [1.29, 1.82) is 0 Å². The maximum Gasteiger partial charge on any atom is 0.0718 e. The number of carbonyl (C=O) groups is 1. The maximum atomic E-state index is 10.7. The molecule has 0 saturated carbocycles. The van der Waals surface area contributed by atoms with Crippen molar-refractivity contribution in [2.45, 2.75) is 12.5 Å². The number of hydrogen-bond donors (Lipinski definition) is 1. The predicted molar refractivity (Wildman–Crippen MR) is 53.3 cm³/mol. The molecular weight excluding hydrogens is 253 g/mol. The summed E-state index contributed by atoms with van der Waals surface area (Å²) >= 11 is 0. The summed E-state index contributed by atoms with van der Waals surface area (Å²) in [7, 11) is 0. The number of hydrogen-bond acceptors (Lipinski definition) is 2. The molecular formula is C10H12N2OY-2. The van der Waals surface area contributed by atoms with Crippen LogP contribution in [-0.2, 0) is 43.9 Å². The number of amides is 1. The molecule has 0 aromatic heterocycles. The summed E-state index contributed by atoms with van der Waals surface area (Å²) in [6.45, 7) is 0. The first-order valence-electron chi connectivity index (χ1n) is 3.87. The first-order valence-corrected chi connectivity index (χ1v) is 3.87. The third kappa shape index (κ3) is 2.55. The van der Waals surface area contributed by atoms with E-state index in [1.807, 2.05) is 24.3 Å². The zero-order valence-electron chi connectivity index (χ0n) is 8.08. The van der Waals surface area contributed by atoms with E-state index in [2.05, 4.69) is 5.32 Å². The number of nitrogens with one attached hydrogen (secondary N) is 2. The summed E-state index contributed by atoms with van der Waals surface area (Å²) in [4.78, 5) is 10.7. The zero-order valence-corrected chi connectivity index (χ0v) is 10.9. The van der Waals surface area contributed by atoms with E-state index in [0.717, 1.165) is 11.3 Å². The molecule has 1 amide bonds. The van der Waals surface area contributed by atoms with Crippen LogP contribution in [0.3, 0.4) is 0 Å². The zero-order chi connectivity index (χ0) is 8.55. The second kappa shape index (κ2) is 5.47. The van der Waals surface area contributed by atoms with Crippen LogP contribution in [0.2, 0.25) is 0 Å². The van der Waals surface area contributed by atoms with Crippen LogP contribution in [-0.4, -0.2) is 11.9 Å². The van der Waals surface area contributed by atoms with Gasteiger partial charge in [0.25, 0.3) is 0 Å². The van der Waals surface area contributed by atoms with E-state index < -0.39 is 5.91 Å². The Labute approximate surface area is 109 Å². The summed E-state index contributed by atoms with van der Waals surface area (Å²) in [5, 5.41) is 3.00. The Balaban J connectivity index is 0.000000845. The van der Waals surface area contributed by atoms with E-state index in [4.69, 9.17) is 5.73 Å². The van der Waals surface area contributed by atoms with Crippen LogP contribution in [0, 0.1) is 7.43 Å². The van der Waals surface area contributed by atoms with Gasteiger partial charge < -0.3 is 23.3 Å². The molecule has 0 saturated heterocycles. The second-order valence-electron chi connectivity index (χ2n) is 2.92. The molecule has 1 atom stereocenters. The van der Waals surface area contributed by atoms with Gasteiger partial charge in [0.15, 0.2) is 0 Å². The van der Waals surface area contributed by atoms with Gasteiger partial charge >= 0.3 is 0 Å². The minimum atomic E-state index is -0.536. The van der Waals surface area contributed by atoms with Crippen LogP contribution < -0.4 is 5.32 Å². The van der Waals surface area contributed by atoms with E-state index in [1.165, 1.54) is 0 Å². The number of para-hydroxylation sites is 1. The molecule has 2 N–H and O–H groups in total. The minimum absolute atomic E-state index is 0. The Hall–Kier alpha value is -0.406. The van der Waals surface area contributed by atoms with Crippen LogP contribution in [0.25, 0.3) is 5.73 Å². The van der Waals surface area contributed by atoms with Crippen molar-refractivity contribution in [3.05, 3.63) is 43.0 Å². The molecule has 1 heterocycles. The molecule has 0 spiro atoms. The molecule has 1 aliphatic rings. The van der Waals surface area contributed by atoms with E-state index in [-0.39, 0.29) is 46.2 Å². The minimum Gasteiger partial charge on any atom is -0.666 e. The molecule has 0 bridgehead atoms. The Kier molecular flexibility index (Phi) is 5.31. The standard InChI is InChI=1S/C9H10N2O.CH3.Y/c10-9(12)8-5-6-3-1-2-4-7(6)11-8;;/h1-4,8,11H,5H2,(H2,10,12);1H3;/q;-1;/p-1. The molecule has 1 radical (unpaired) electrons. The van der Waals surface area contributed by atoms with Gasteiger partial charge in [0, 0.05) is 44.8 Å². The van der Waals surface area contributed by atoms with Crippen molar-refractivity contribution in [2.75, 3.05) is 5.32 Å². The number of benzene rings is 1. The van der Waals surface area contributed by atoms with Gasteiger partial charge in [0.1, 0.15) is 0 Å². The SMILES string of the molecule is [CH3-].[NH-]C(=O)C1Cc2ccccc2N1.[Y]. The third-order valence-corrected chi connectivity index (χ3v) is 2.09. The molecule has 2 rings (SSSR count). The van der Waals surface area contributed by atoms with Crippen molar-refractivity contribution in [3.8, 4) is 0 Å². The molecule has 0 fully saturated rings. The summed E-state index contributed by atoms with van der Waals surface area (Å²) in [6, 6.07) is 7.44. The van der Waals surface area contributed by atoms with Crippen molar-refractivity contribution in [3.63, 3.8) is 0 Å². The van der Waals surface area contributed by atoms with E-state index in [1.54, 1.807) is 0 Å². The first kappa shape index (κ1) is 13.6. The van der Waals surface area contributed by atoms with Gasteiger partial charge in [-0.2, -0.15) is 0 Å². The van der Waals surface area contributed by atoms with E-state index in [0.29, 0.717) is 6.42 Å². The fourth-order valence-electron chi connectivity index (χ4n) is 1.46. The van der Waals surface area contributed by atoms with Crippen LogP contribution >= 0.6 is 0 Å². The topological polar surface area (TPSA) is 52.9 Å².